The van der Waals surface area contributed by atoms with Crippen LogP contribution in [0.3, 0.4) is 0 Å². The molecule has 1 aromatic rings. The number of quaternary nitrogens is 1. The van der Waals surface area contributed by atoms with Crippen LogP contribution in [0.15, 0.2) is 36.4 Å². The van der Waals surface area contributed by atoms with Gasteiger partial charge in [0.2, 0.25) is 0 Å². The van der Waals surface area contributed by atoms with Gasteiger partial charge in [-0.05, 0) is 50.7 Å². The fraction of sp³-hybridized carbons (Fsp3) is 0.667. The first-order valence-corrected chi connectivity index (χ1v) is 12.4. The molecule has 164 valence electrons. The van der Waals surface area contributed by atoms with E-state index in [1.165, 1.54) is 47.8 Å². The quantitative estimate of drug-likeness (QED) is 0.399. The summed E-state index contributed by atoms with van der Waals surface area (Å²) in [6, 6.07) is 12.4. The summed E-state index contributed by atoms with van der Waals surface area (Å²) < 4.78 is 7.53. The van der Waals surface area contributed by atoms with Crippen LogP contribution in [0.5, 0.6) is 0 Å². The van der Waals surface area contributed by atoms with Gasteiger partial charge in [0, 0.05) is 25.7 Å². The van der Waals surface area contributed by atoms with Gasteiger partial charge in [-0.3, -0.25) is 4.79 Å². The Kier molecular flexibility index (Phi) is 6.67. The predicted octanol–water partition coefficient (Wildman–Crippen LogP) is 6.13. The van der Waals surface area contributed by atoms with Crippen molar-refractivity contribution >= 4 is 11.5 Å². The maximum atomic E-state index is 13.3. The standard InChI is InChI=1S/C27H40NO2/c1-4-5-17-28(20(2)3)22-15-16-23(28)19-24(18-22)30-27(29)26-14-10-9-13-25(26)21-11-7-6-8-12-21/h6-8,11-13,20,22-24,26H,4-5,9-10,14-19H2,1-3H3/q+1/t22-,23+,24?,26?,28?. The molecule has 3 nitrogen and oxygen atoms in total. The lowest BCUT2D eigenvalue weighted by Gasteiger charge is -2.52. The predicted molar refractivity (Wildman–Crippen MR) is 123 cm³/mol. The van der Waals surface area contributed by atoms with E-state index in [4.69, 9.17) is 4.74 Å². The fourth-order valence-corrected chi connectivity index (χ4v) is 6.81. The minimum absolute atomic E-state index is 0.0207. The van der Waals surface area contributed by atoms with Gasteiger partial charge >= 0.3 is 5.97 Å². The van der Waals surface area contributed by atoms with Crippen LogP contribution in [0.25, 0.3) is 5.57 Å². The number of ether oxygens (including phenoxy) is 1. The highest BCUT2D eigenvalue weighted by molar-refractivity contribution is 5.89. The number of carbonyl (C=O) groups is 1. The number of benzene rings is 1. The number of carbonyl (C=O) groups excluding carboxylic acids is 1. The van der Waals surface area contributed by atoms with Gasteiger partial charge in [-0.15, -0.1) is 0 Å². The molecule has 2 fully saturated rings. The van der Waals surface area contributed by atoms with Gasteiger partial charge in [-0.2, -0.15) is 0 Å². The van der Waals surface area contributed by atoms with E-state index in [1.54, 1.807) is 0 Å². The Balaban J connectivity index is 1.45. The van der Waals surface area contributed by atoms with Crippen molar-refractivity contribution < 1.29 is 14.0 Å². The van der Waals surface area contributed by atoms with Crippen LogP contribution in [0.2, 0.25) is 0 Å². The molecule has 3 heteroatoms. The lowest BCUT2D eigenvalue weighted by atomic mass is 9.83. The summed E-state index contributed by atoms with van der Waals surface area (Å²) in [5.41, 5.74) is 2.36. The zero-order valence-corrected chi connectivity index (χ0v) is 19.2. The molecule has 0 spiro atoms. The molecule has 3 aliphatic rings. The Hall–Kier alpha value is -1.61. The van der Waals surface area contributed by atoms with Crippen LogP contribution in [-0.2, 0) is 9.53 Å². The minimum atomic E-state index is -0.0924. The number of allylic oxidation sites excluding steroid dienone is 1. The van der Waals surface area contributed by atoms with E-state index in [-0.39, 0.29) is 18.0 Å². The second-order valence-corrected chi connectivity index (χ2v) is 10.1. The Bertz CT molecular complexity index is 739. The van der Waals surface area contributed by atoms with E-state index < -0.39 is 0 Å². The van der Waals surface area contributed by atoms with Crippen molar-refractivity contribution in [1.29, 1.82) is 0 Å². The van der Waals surface area contributed by atoms with E-state index in [2.05, 4.69) is 51.1 Å². The number of rotatable bonds is 7. The summed E-state index contributed by atoms with van der Waals surface area (Å²) in [6.45, 7) is 8.42. The summed E-state index contributed by atoms with van der Waals surface area (Å²) >= 11 is 0. The lowest BCUT2D eigenvalue weighted by molar-refractivity contribution is -0.985. The zero-order chi connectivity index (χ0) is 21.1. The smallest absolute Gasteiger partial charge is 0.313 e. The van der Waals surface area contributed by atoms with E-state index in [9.17, 15) is 4.79 Å². The lowest BCUT2D eigenvalue weighted by Crippen LogP contribution is -2.65. The van der Waals surface area contributed by atoms with Crippen LogP contribution >= 0.6 is 0 Å². The number of nitrogens with zero attached hydrogens (tertiary/aromatic N) is 1. The van der Waals surface area contributed by atoms with Crippen molar-refractivity contribution in [2.75, 3.05) is 6.54 Å². The highest BCUT2D eigenvalue weighted by Crippen LogP contribution is 2.46. The zero-order valence-electron chi connectivity index (χ0n) is 19.2. The highest BCUT2D eigenvalue weighted by Gasteiger charge is 2.56. The van der Waals surface area contributed by atoms with Gasteiger partial charge in [0.15, 0.2) is 0 Å². The third-order valence-corrected chi connectivity index (χ3v) is 8.23. The maximum Gasteiger partial charge on any atom is 0.313 e. The number of hydrogen-bond acceptors (Lipinski definition) is 2. The first-order valence-electron chi connectivity index (χ1n) is 12.4. The van der Waals surface area contributed by atoms with Crippen molar-refractivity contribution in [1.82, 2.24) is 0 Å². The van der Waals surface area contributed by atoms with E-state index in [0.717, 1.165) is 32.1 Å². The summed E-state index contributed by atoms with van der Waals surface area (Å²) in [4.78, 5) is 13.3. The molecular formula is C27H40NO2+. The fourth-order valence-electron chi connectivity index (χ4n) is 6.81. The molecule has 30 heavy (non-hydrogen) atoms. The SMILES string of the molecule is CCCC[N+]1(C(C)C)[C@@H]2CC[C@H]1CC(OC(=O)C1CCCC=C1c1ccccc1)C2. The Morgan fingerprint density at radius 3 is 2.43 bits per heavy atom. The molecule has 2 aliphatic heterocycles. The molecule has 0 amide bonds. The Morgan fingerprint density at radius 2 is 1.80 bits per heavy atom. The minimum Gasteiger partial charge on any atom is -0.461 e. The number of piperidine rings is 1. The van der Waals surface area contributed by atoms with Gasteiger partial charge in [-0.25, -0.2) is 0 Å². The molecule has 2 saturated heterocycles. The number of hydrogen-bond donors (Lipinski definition) is 0. The summed E-state index contributed by atoms with van der Waals surface area (Å²) in [7, 11) is 0. The van der Waals surface area contributed by atoms with Crippen LogP contribution in [0, 0.1) is 5.92 Å². The third kappa shape index (κ3) is 3.98. The van der Waals surface area contributed by atoms with Gasteiger partial charge in [-0.1, -0.05) is 49.8 Å². The van der Waals surface area contributed by atoms with Crippen LogP contribution in [-0.4, -0.2) is 41.2 Å². The number of fused-ring (bicyclic) bond motifs is 2. The van der Waals surface area contributed by atoms with Crippen molar-refractivity contribution in [2.45, 2.75) is 103 Å². The molecule has 0 saturated carbocycles. The monoisotopic (exact) mass is 410 g/mol. The van der Waals surface area contributed by atoms with Crippen molar-refractivity contribution in [3.8, 4) is 0 Å². The molecule has 5 atom stereocenters. The van der Waals surface area contributed by atoms with Crippen LogP contribution in [0.4, 0.5) is 0 Å². The molecule has 1 aromatic carbocycles. The first kappa shape index (κ1) is 21.6. The second-order valence-electron chi connectivity index (χ2n) is 10.1. The largest absolute Gasteiger partial charge is 0.461 e. The summed E-state index contributed by atoms with van der Waals surface area (Å²) in [5, 5.41) is 0. The van der Waals surface area contributed by atoms with Crippen molar-refractivity contribution in [3.05, 3.63) is 42.0 Å². The van der Waals surface area contributed by atoms with Gasteiger partial charge in [0.25, 0.3) is 0 Å². The molecule has 4 rings (SSSR count). The highest BCUT2D eigenvalue weighted by atomic mass is 16.5. The number of unbranched alkanes of at least 4 members (excludes halogenated alkanes) is 1. The van der Waals surface area contributed by atoms with Crippen molar-refractivity contribution in [2.24, 2.45) is 5.92 Å². The van der Waals surface area contributed by atoms with E-state index >= 15 is 0 Å². The summed E-state index contributed by atoms with van der Waals surface area (Å²) in [6.07, 6.45) is 12.7. The molecule has 3 unspecified atom stereocenters. The second kappa shape index (κ2) is 9.26. The van der Waals surface area contributed by atoms with E-state index in [1.807, 2.05) is 6.07 Å². The summed E-state index contributed by atoms with van der Waals surface area (Å²) in [5.74, 6) is -0.0718. The van der Waals surface area contributed by atoms with E-state index in [0.29, 0.717) is 18.1 Å². The number of esters is 1. The van der Waals surface area contributed by atoms with Crippen LogP contribution < -0.4 is 0 Å². The topological polar surface area (TPSA) is 26.3 Å². The first-order chi connectivity index (χ1) is 14.6. The molecule has 0 radical (unpaired) electrons. The van der Waals surface area contributed by atoms with Gasteiger partial charge in [0.1, 0.15) is 6.10 Å². The molecule has 0 aromatic heterocycles. The molecule has 1 aliphatic carbocycles. The third-order valence-electron chi connectivity index (χ3n) is 8.23. The van der Waals surface area contributed by atoms with Gasteiger partial charge < -0.3 is 9.22 Å². The van der Waals surface area contributed by atoms with Crippen molar-refractivity contribution in [3.63, 3.8) is 0 Å². The Labute approximate surface area is 183 Å². The van der Waals surface area contributed by atoms with Gasteiger partial charge in [0.05, 0.1) is 30.6 Å². The average Bonchev–Trinajstić information content (AvgIpc) is 2.96. The molecular weight excluding hydrogens is 370 g/mol. The Morgan fingerprint density at radius 1 is 1.10 bits per heavy atom. The maximum absolute atomic E-state index is 13.3. The average molecular weight is 411 g/mol. The molecule has 0 N–H and O–H groups in total. The van der Waals surface area contributed by atoms with Crippen LogP contribution in [0.1, 0.15) is 84.1 Å². The molecule has 2 heterocycles. The normalized spacial score (nSPS) is 33.4. The molecule has 2 bridgehead atoms.